The van der Waals surface area contributed by atoms with Gasteiger partial charge >= 0.3 is 0 Å². The van der Waals surface area contributed by atoms with Crippen LogP contribution in [0.25, 0.3) is 0 Å². The second-order valence-electron chi connectivity index (χ2n) is 9.02. The smallest absolute Gasteiger partial charge is 0.257 e. The van der Waals surface area contributed by atoms with Crippen molar-refractivity contribution in [3.8, 4) is 5.75 Å². The number of hydrogen-bond donors (Lipinski definition) is 0. The van der Waals surface area contributed by atoms with Crippen molar-refractivity contribution in [3.63, 3.8) is 0 Å². The Hall–Kier alpha value is -2.93. The van der Waals surface area contributed by atoms with Crippen molar-refractivity contribution in [2.45, 2.75) is 38.3 Å². The van der Waals surface area contributed by atoms with Crippen LogP contribution in [0.5, 0.6) is 5.75 Å². The third-order valence-electron chi connectivity index (χ3n) is 6.32. The summed E-state index contributed by atoms with van der Waals surface area (Å²) in [6, 6.07) is 11.6. The Morgan fingerprint density at radius 2 is 2.06 bits per heavy atom. The summed E-state index contributed by atoms with van der Waals surface area (Å²) in [6.07, 6.45) is 3.95. The molecule has 0 bridgehead atoms. The van der Waals surface area contributed by atoms with E-state index >= 15 is 0 Å². The van der Waals surface area contributed by atoms with E-state index in [1.165, 1.54) is 0 Å². The zero-order valence-corrected chi connectivity index (χ0v) is 19.0. The van der Waals surface area contributed by atoms with Crippen LogP contribution >= 0.6 is 0 Å². The lowest BCUT2D eigenvalue weighted by Crippen LogP contribution is -2.60. The second kappa shape index (κ2) is 9.28. The number of rotatable bonds is 6. The van der Waals surface area contributed by atoms with E-state index < -0.39 is 5.60 Å². The van der Waals surface area contributed by atoms with E-state index in [-0.39, 0.29) is 30.2 Å². The van der Waals surface area contributed by atoms with E-state index in [2.05, 4.69) is 4.98 Å². The highest BCUT2D eigenvalue weighted by molar-refractivity contribution is 5.90. The van der Waals surface area contributed by atoms with Crippen LogP contribution in [0.1, 0.15) is 37.3 Å². The molecule has 32 heavy (non-hydrogen) atoms. The number of amides is 2. The zero-order valence-electron chi connectivity index (χ0n) is 19.0. The van der Waals surface area contributed by atoms with Crippen LogP contribution in [0.3, 0.4) is 0 Å². The highest BCUT2D eigenvalue weighted by atomic mass is 16.5. The molecule has 0 aliphatic carbocycles. The molecule has 2 fully saturated rings. The van der Waals surface area contributed by atoms with Crippen molar-refractivity contribution < 1.29 is 19.1 Å². The first-order valence-corrected chi connectivity index (χ1v) is 11.2. The topological polar surface area (TPSA) is 72.0 Å². The van der Waals surface area contributed by atoms with Gasteiger partial charge in [-0.3, -0.25) is 14.6 Å². The van der Waals surface area contributed by atoms with Crippen LogP contribution in [-0.2, 0) is 20.9 Å². The number of methoxy groups -OCH3 is 1. The number of pyridine rings is 1. The van der Waals surface area contributed by atoms with Gasteiger partial charge in [-0.2, -0.15) is 0 Å². The largest absolute Gasteiger partial charge is 0.497 e. The molecule has 7 heteroatoms. The molecule has 4 rings (SSSR count). The highest BCUT2D eigenvalue weighted by Gasteiger charge is 2.57. The second-order valence-corrected chi connectivity index (χ2v) is 9.02. The minimum atomic E-state index is -1.08. The molecule has 1 spiro atoms. The summed E-state index contributed by atoms with van der Waals surface area (Å²) < 4.78 is 11.5. The van der Waals surface area contributed by atoms with Crippen molar-refractivity contribution in [3.05, 3.63) is 59.9 Å². The molecule has 7 nitrogen and oxygen atoms in total. The average molecular weight is 438 g/mol. The van der Waals surface area contributed by atoms with Gasteiger partial charge in [0.05, 0.1) is 20.3 Å². The zero-order chi connectivity index (χ0) is 22.7. The van der Waals surface area contributed by atoms with Crippen LogP contribution in [0.2, 0.25) is 0 Å². The van der Waals surface area contributed by atoms with Crippen molar-refractivity contribution >= 4 is 11.8 Å². The molecule has 3 heterocycles. The average Bonchev–Trinajstić information content (AvgIpc) is 3.18. The molecule has 2 aliphatic heterocycles. The van der Waals surface area contributed by atoms with Gasteiger partial charge in [-0.05, 0) is 35.2 Å². The molecule has 2 aliphatic rings. The quantitative estimate of drug-likeness (QED) is 0.695. The van der Waals surface area contributed by atoms with Crippen LogP contribution < -0.4 is 4.74 Å². The summed E-state index contributed by atoms with van der Waals surface area (Å²) in [4.78, 5) is 34.7. The van der Waals surface area contributed by atoms with Crippen LogP contribution in [0, 0.1) is 5.92 Å². The van der Waals surface area contributed by atoms with Crippen LogP contribution in [0.4, 0.5) is 0 Å². The number of carbonyl (C=O) groups is 2. The molecule has 1 aromatic heterocycles. The Morgan fingerprint density at radius 3 is 2.72 bits per heavy atom. The molecule has 1 aromatic carbocycles. The predicted octanol–water partition coefficient (Wildman–Crippen LogP) is 2.86. The van der Waals surface area contributed by atoms with Gasteiger partial charge in [0, 0.05) is 44.4 Å². The minimum absolute atomic E-state index is 0.0618. The maximum Gasteiger partial charge on any atom is 0.257 e. The summed E-state index contributed by atoms with van der Waals surface area (Å²) in [5.41, 5.74) is 0.868. The van der Waals surface area contributed by atoms with Crippen molar-refractivity contribution in [1.29, 1.82) is 0 Å². The summed E-state index contributed by atoms with van der Waals surface area (Å²) in [5, 5.41) is 0. The van der Waals surface area contributed by atoms with Crippen LogP contribution in [-0.4, -0.2) is 65.6 Å². The molecule has 0 unspecified atom stereocenters. The lowest BCUT2D eigenvalue weighted by atomic mass is 9.83. The molecule has 2 aromatic rings. The lowest BCUT2D eigenvalue weighted by Gasteiger charge is -2.42. The summed E-state index contributed by atoms with van der Waals surface area (Å²) in [5.74, 6) is 0.789. The summed E-state index contributed by atoms with van der Waals surface area (Å²) in [6.45, 7) is 6.24. The van der Waals surface area contributed by atoms with Gasteiger partial charge in [-0.15, -0.1) is 0 Å². The number of morpholine rings is 1. The van der Waals surface area contributed by atoms with E-state index in [9.17, 15) is 9.59 Å². The number of benzene rings is 1. The fraction of sp³-hybridized carbons (Fsp3) is 0.480. The van der Waals surface area contributed by atoms with Gasteiger partial charge in [-0.1, -0.05) is 32.0 Å². The molecule has 170 valence electrons. The third kappa shape index (κ3) is 4.35. The van der Waals surface area contributed by atoms with E-state index in [0.29, 0.717) is 32.7 Å². The van der Waals surface area contributed by atoms with Gasteiger partial charge in [0.25, 0.3) is 5.91 Å². The van der Waals surface area contributed by atoms with E-state index in [1.54, 1.807) is 24.4 Å². The predicted molar refractivity (Wildman–Crippen MR) is 120 cm³/mol. The van der Waals surface area contributed by atoms with Gasteiger partial charge in [0.15, 0.2) is 5.60 Å². The number of hydrogen-bond acceptors (Lipinski definition) is 5. The maximum atomic E-state index is 13.9. The Balaban J connectivity index is 1.62. The molecule has 0 N–H and O–H groups in total. The molecule has 2 atom stereocenters. The number of likely N-dealkylation sites (tertiary alicyclic amines) is 1. The van der Waals surface area contributed by atoms with Gasteiger partial charge in [0.2, 0.25) is 5.91 Å². The first-order valence-electron chi connectivity index (χ1n) is 11.2. The monoisotopic (exact) mass is 437 g/mol. The van der Waals surface area contributed by atoms with Gasteiger partial charge in [0.1, 0.15) is 5.75 Å². The Bertz CT molecular complexity index is 947. The molecule has 0 radical (unpaired) electrons. The Kier molecular flexibility index (Phi) is 6.46. The lowest BCUT2D eigenvalue weighted by molar-refractivity contribution is -0.173. The number of aromatic nitrogens is 1. The molecule has 2 amide bonds. The van der Waals surface area contributed by atoms with E-state index in [1.807, 2.05) is 55.1 Å². The SMILES string of the molecule is COc1ccc(CN2CCO[C@]3(CN(C(=O)CC(C)C)C[C@@H]3c3cccnc3)C2=O)cc1. The van der Waals surface area contributed by atoms with Gasteiger partial charge in [-0.25, -0.2) is 0 Å². The van der Waals surface area contributed by atoms with Gasteiger partial charge < -0.3 is 19.3 Å². The third-order valence-corrected chi connectivity index (χ3v) is 6.32. The first kappa shape index (κ1) is 22.3. The van der Waals surface area contributed by atoms with Crippen molar-refractivity contribution in [2.75, 3.05) is 33.4 Å². The minimum Gasteiger partial charge on any atom is -0.497 e. The summed E-state index contributed by atoms with van der Waals surface area (Å²) >= 11 is 0. The number of ether oxygens (including phenoxy) is 2. The standard InChI is InChI=1S/C25H31N3O4/c1-18(2)13-23(29)28-16-22(20-5-4-10-26-14-20)25(17-28)24(30)27(11-12-32-25)15-19-6-8-21(31-3)9-7-19/h4-10,14,18,22H,11-13,15-17H2,1-3H3/t22-,25+/m1/s1. The molecule has 2 saturated heterocycles. The normalized spacial score (nSPS) is 23.2. The highest BCUT2D eigenvalue weighted by Crippen LogP contribution is 2.42. The molecular weight excluding hydrogens is 406 g/mol. The molecule has 0 saturated carbocycles. The Labute approximate surface area is 189 Å². The summed E-state index contributed by atoms with van der Waals surface area (Å²) in [7, 11) is 1.63. The number of carbonyl (C=O) groups excluding carboxylic acids is 2. The van der Waals surface area contributed by atoms with Crippen molar-refractivity contribution in [2.24, 2.45) is 5.92 Å². The van der Waals surface area contributed by atoms with E-state index in [0.717, 1.165) is 16.9 Å². The van der Waals surface area contributed by atoms with Crippen molar-refractivity contribution in [1.82, 2.24) is 14.8 Å². The fourth-order valence-corrected chi connectivity index (χ4v) is 4.69. The fourth-order valence-electron chi connectivity index (χ4n) is 4.69. The van der Waals surface area contributed by atoms with E-state index in [4.69, 9.17) is 9.47 Å². The maximum absolute atomic E-state index is 13.9. The number of nitrogens with zero attached hydrogens (tertiary/aromatic N) is 3. The first-order chi connectivity index (χ1) is 15.4. The van der Waals surface area contributed by atoms with Crippen LogP contribution in [0.15, 0.2) is 48.8 Å². The Morgan fingerprint density at radius 1 is 1.28 bits per heavy atom. The molecular formula is C25H31N3O4.